The Morgan fingerprint density at radius 3 is 2.83 bits per heavy atom. The zero-order valence-corrected chi connectivity index (χ0v) is 11.7. The summed E-state index contributed by atoms with van der Waals surface area (Å²) in [5.41, 5.74) is 0. The molecule has 1 aromatic rings. The van der Waals surface area contributed by atoms with Gasteiger partial charge in [-0.2, -0.15) is 0 Å². The molecular formula is C13H22N3OS+. The zero-order chi connectivity index (χ0) is 12.8. The van der Waals surface area contributed by atoms with Crippen LogP contribution in [0.4, 0.5) is 0 Å². The smallest absolute Gasteiger partial charge is 0.166 e. The topological polar surface area (TPSA) is 41.6 Å². The molecule has 3 N–H and O–H groups in total. The first kappa shape index (κ1) is 13.4. The molecule has 2 heterocycles. The molecule has 0 amide bonds. The number of hydrogen-bond donors (Lipinski definition) is 3. The monoisotopic (exact) mass is 268 g/mol. The van der Waals surface area contributed by atoms with Crippen molar-refractivity contribution < 1.29 is 9.32 Å². The predicted molar refractivity (Wildman–Crippen MR) is 75.7 cm³/mol. The number of furan rings is 1. The molecule has 18 heavy (non-hydrogen) atoms. The van der Waals surface area contributed by atoms with E-state index in [0.717, 1.165) is 12.3 Å². The van der Waals surface area contributed by atoms with E-state index in [2.05, 4.69) is 16.7 Å². The van der Waals surface area contributed by atoms with Crippen LogP contribution in [0.2, 0.25) is 0 Å². The van der Waals surface area contributed by atoms with E-state index in [1.807, 2.05) is 13.1 Å². The highest BCUT2D eigenvalue weighted by molar-refractivity contribution is 7.80. The minimum Gasteiger partial charge on any atom is -0.463 e. The molecule has 0 aliphatic carbocycles. The van der Waals surface area contributed by atoms with Crippen molar-refractivity contribution >= 4 is 17.3 Å². The molecule has 1 aliphatic heterocycles. The average molecular weight is 268 g/mol. The molecule has 0 unspecified atom stereocenters. The number of hydrogen-bond acceptors (Lipinski definition) is 2. The fourth-order valence-corrected chi connectivity index (χ4v) is 2.66. The second-order valence-corrected chi connectivity index (χ2v) is 5.16. The van der Waals surface area contributed by atoms with Crippen LogP contribution in [0.5, 0.6) is 0 Å². The number of thiocarbonyl (C=S) groups is 1. The summed E-state index contributed by atoms with van der Waals surface area (Å²) < 4.78 is 5.59. The van der Waals surface area contributed by atoms with Crippen LogP contribution in [-0.2, 0) is 0 Å². The van der Waals surface area contributed by atoms with Crippen LogP contribution >= 0.6 is 12.2 Å². The van der Waals surface area contributed by atoms with Gasteiger partial charge in [-0.1, -0.05) is 0 Å². The van der Waals surface area contributed by atoms with Crippen molar-refractivity contribution in [3.05, 3.63) is 24.2 Å². The van der Waals surface area contributed by atoms with E-state index < -0.39 is 0 Å². The van der Waals surface area contributed by atoms with Crippen molar-refractivity contribution in [2.75, 3.05) is 26.7 Å². The van der Waals surface area contributed by atoms with Crippen molar-refractivity contribution in [1.82, 2.24) is 10.6 Å². The van der Waals surface area contributed by atoms with Gasteiger partial charge in [0.15, 0.2) is 16.9 Å². The summed E-state index contributed by atoms with van der Waals surface area (Å²) in [6.07, 6.45) is 5.73. The number of piperidine rings is 1. The average Bonchev–Trinajstić information content (AvgIpc) is 2.94. The summed E-state index contributed by atoms with van der Waals surface area (Å²) in [6.45, 7) is 3.27. The minimum absolute atomic E-state index is 0.353. The molecule has 1 fully saturated rings. The molecule has 2 rings (SSSR count). The van der Waals surface area contributed by atoms with E-state index in [-0.39, 0.29) is 0 Å². The minimum atomic E-state index is 0.353. The van der Waals surface area contributed by atoms with Gasteiger partial charge in [-0.25, -0.2) is 0 Å². The summed E-state index contributed by atoms with van der Waals surface area (Å²) in [7, 11) is 1.84. The van der Waals surface area contributed by atoms with Gasteiger partial charge in [0.1, 0.15) is 0 Å². The van der Waals surface area contributed by atoms with Crippen LogP contribution in [0.1, 0.15) is 31.1 Å². The third-order valence-electron chi connectivity index (χ3n) is 3.57. The number of nitrogens with one attached hydrogen (secondary N) is 3. The third-order valence-corrected chi connectivity index (χ3v) is 3.92. The van der Waals surface area contributed by atoms with Gasteiger partial charge in [-0.05, 0) is 43.6 Å². The van der Waals surface area contributed by atoms with Gasteiger partial charge in [0.25, 0.3) is 0 Å². The lowest BCUT2D eigenvalue weighted by molar-refractivity contribution is -0.936. The van der Waals surface area contributed by atoms with Crippen molar-refractivity contribution in [2.24, 2.45) is 0 Å². The summed E-state index contributed by atoms with van der Waals surface area (Å²) in [6, 6.07) is 4.38. The quantitative estimate of drug-likeness (QED) is 0.695. The van der Waals surface area contributed by atoms with Crippen LogP contribution < -0.4 is 15.5 Å². The maximum Gasteiger partial charge on any atom is 0.166 e. The summed E-state index contributed by atoms with van der Waals surface area (Å²) in [4.78, 5) is 1.60. The Balaban J connectivity index is 2.00. The molecular weight excluding hydrogens is 246 g/mol. The van der Waals surface area contributed by atoms with E-state index in [4.69, 9.17) is 16.6 Å². The van der Waals surface area contributed by atoms with E-state index >= 15 is 0 Å². The summed E-state index contributed by atoms with van der Waals surface area (Å²) in [5.74, 6) is 1.05. The maximum absolute atomic E-state index is 5.59. The van der Waals surface area contributed by atoms with E-state index in [1.54, 1.807) is 11.2 Å². The SMILES string of the molecule is CNC(=S)NC[C@H](c1ccco1)[NH+]1CCCCC1. The van der Waals surface area contributed by atoms with Gasteiger partial charge in [-0.3, -0.25) is 0 Å². The molecule has 0 radical (unpaired) electrons. The lowest BCUT2D eigenvalue weighted by Crippen LogP contribution is -3.13. The van der Waals surface area contributed by atoms with E-state index in [1.165, 1.54) is 32.4 Å². The fourth-order valence-electron chi connectivity index (χ4n) is 2.57. The third kappa shape index (κ3) is 3.46. The van der Waals surface area contributed by atoms with Crippen LogP contribution in [0.3, 0.4) is 0 Å². The van der Waals surface area contributed by atoms with Crippen molar-refractivity contribution in [3.8, 4) is 0 Å². The van der Waals surface area contributed by atoms with Crippen molar-refractivity contribution in [1.29, 1.82) is 0 Å². The Hall–Kier alpha value is -1.07. The standard InChI is InChI=1S/C13H21N3OS/c1-14-13(18)15-10-11(12-6-5-9-17-12)16-7-3-2-4-8-16/h5-6,9,11H,2-4,7-8,10H2,1H3,(H2,14,15,18)/p+1/t11-/m1/s1. The first-order valence-electron chi connectivity index (χ1n) is 6.65. The molecule has 1 atom stereocenters. The Morgan fingerprint density at radius 1 is 1.44 bits per heavy atom. The van der Waals surface area contributed by atoms with Crippen LogP contribution in [-0.4, -0.2) is 31.8 Å². The normalized spacial score (nSPS) is 18.3. The highest BCUT2D eigenvalue weighted by Crippen LogP contribution is 2.11. The van der Waals surface area contributed by atoms with Crippen LogP contribution in [0.25, 0.3) is 0 Å². The highest BCUT2D eigenvalue weighted by atomic mass is 32.1. The van der Waals surface area contributed by atoms with Crippen LogP contribution in [0, 0.1) is 0 Å². The Bertz CT molecular complexity index is 360. The van der Waals surface area contributed by atoms with Gasteiger partial charge >= 0.3 is 0 Å². The lowest BCUT2D eigenvalue weighted by atomic mass is 10.1. The summed E-state index contributed by atoms with van der Waals surface area (Å²) >= 11 is 5.14. The summed E-state index contributed by atoms with van der Waals surface area (Å²) in [5, 5.41) is 6.90. The number of likely N-dealkylation sites (tertiary alicyclic amines) is 1. The zero-order valence-electron chi connectivity index (χ0n) is 10.9. The molecule has 1 aliphatic rings. The molecule has 0 bridgehead atoms. The predicted octanol–water partition coefficient (Wildman–Crippen LogP) is 0.483. The second-order valence-electron chi connectivity index (χ2n) is 4.75. The fraction of sp³-hybridized carbons (Fsp3) is 0.615. The number of quaternary nitrogens is 1. The van der Waals surface area contributed by atoms with Gasteiger partial charge < -0.3 is 20.0 Å². The molecule has 0 spiro atoms. The second kappa shape index (κ2) is 6.75. The van der Waals surface area contributed by atoms with Gasteiger partial charge in [0, 0.05) is 7.05 Å². The van der Waals surface area contributed by atoms with Gasteiger partial charge in [-0.15, -0.1) is 0 Å². The van der Waals surface area contributed by atoms with E-state index in [9.17, 15) is 0 Å². The molecule has 0 saturated carbocycles. The Kier molecular flexibility index (Phi) is 5.01. The first-order valence-corrected chi connectivity index (χ1v) is 7.05. The van der Waals surface area contributed by atoms with Crippen molar-refractivity contribution in [2.45, 2.75) is 25.3 Å². The highest BCUT2D eigenvalue weighted by Gasteiger charge is 2.28. The number of rotatable bonds is 4. The Morgan fingerprint density at radius 2 is 2.22 bits per heavy atom. The molecule has 1 aromatic heterocycles. The maximum atomic E-state index is 5.59. The van der Waals surface area contributed by atoms with Gasteiger partial charge in [0.2, 0.25) is 0 Å². The molecule has 5 heteroatoms. The van der Waals surface area contributed by atoms with Crippen LogP contribution in [0.15, 0.2) is 22.8 Å². The molecule has 0 aromatic carbocycles. The van der Waals surface area contributed by atoms with Gasteiger partial charge in [0.05, 0.1) is 25.9 Å². The molecule has 1 saturated heterocycles. The van der Waals surface area contributed by atoms with E-state index in [0.29, 0.717) is 11.2 Å². The lowest BCUT2D eigenvalue weighted by Gasteiger charge is -2.30. The molecule has 4 nitrogen and oxygen atoms in total. The van der Waals surface area contributed by atoms with Crippen molar-refractivity contribution in [3.63, 3.8) is 0 Å². The largest absolute Gasteiger partial charge is 0.463 e. The Labute approximate surface area is 114 Å². The molecule has 100 valence electrons. The first-order chi connectivity index (χ1) is 8.81.